The minimum absolute atomic E-state index is 0.0341. The van der Waals surface area contributed by atoms with E-state index in [0.717, 1.165) is 0 Å². The van der Waals surface area contributed by atoms with Crippen molar-refractivity contribution in [2.45, 2.75) is 25.1 Å². The molecule has 5 heteroatoms. The number of carbonyl (C=O) groups is 1. The summed E-state index contributed by atoms with van der Waals surface area (Å²) >= 11 is 7.10. The van der Waals surface area contributed by atoms with Gasteiger partial charge in [0.25, 0.3) is 0 Å². The van der Waals surface area contributed by atoms with Gasteiger partial charge in [-0.2, -0.15) is 11.8 Å². The molecule has 3 atom stereocenters. The van der Waals surface area contributed by atoms with Crippen LogP contribution < -0.4 is 5.32 Å². The summed E-state index contributed by atoms with van der Waals surface area (Å²) in [5, 5.41) is 11.9. The number of hydrogen-bond donors (Lipinski definition) is 2. The van der Waals surface area contributed by atoms with Gasteiger partial charge in [0.05, 0.1) is 6.61 Å². The summed E-state index contributed by atoms with van der Waals surface area (Å²) in [6.07, 6.45) is 1.91. The molecule has 0 saturated heterocycles. The lowest BCUT2D eigenvalue weighted by Gasteiger charge is -2.22. The molecule has 0 saturated carbocycles. The lowest BCUT2D eigenvalue weighted by molar-refractivity contribution is -0.124. The van der Waals surface area contributed by atoms with Gasteiger partial charge in [0.15, 0.2) is 0 Å². The molecular formula is C9H18ClNO2S. The zero-order valence-corrected chi connectivity index (χ0v) is 10.4. The van der Waals surface area contributed by atoms with Crippen molar-refractivity contribution < 1.29 is 9.90 Å². The number of rotatable bonds is 6. The molecule has 1 amide bonds. The van der Waals surface area contributed by atoms with Crippen LogP contribution in [-0.2, 0) is 4.79 Å². The average Bonchev–Trinajstić information content (AvgIpc) is 2.18. The van der Waals surface area contributed by atoms with Gasteiger partial charge in [0.2, 0.25) is 5.91 Å². The second-order valence-electron chi connectivity index (χ2n) is 3.31. The van der Waals surface area contributed by atoms with Crippen LogP contribution in [0.15, 0.2) is 0 Å². The average molecular weight is 240 g/mol. The fourth-order valence-electron chi connectivity index (χ4n) is 0.966. The van der Waals surface area contributed by atoms with Gasteiger partial charge in [-0.15, -0.1) is 11.6 Å². The van der Waals surface area contributed by atoms with Gasteiger partial charge < -0.3 is 10.4 Å². The van der Waals surface area contributed by atoms with Crippen LogP contribution in [0.4, 0.5) is 0 Å². The Morgan fingerprint density at radius 3 is 2.50 bits per heavy atom. The van der Waals surface area contributed by atoms with Crippen LogP contribution in [0.1, 0.15) is 13.8 Å². The van der Waals surface area contributed by atoms with Gasteiger partial charge in [-0.3, -0.25) is 4.79 Å². The summed E-state index contributed by atoms with van der Waals surface area (Å²) in [6, 6.07) is -0.0341. The van der Waals surface area contributed by atoms with Crippen LogP contribution in [0.2, 0.25) is 0 Å². The topological polar surface area (TPSA) is 49.3 Å². The first-order chi connectivity index (χ1) is 6.56. The van der Waals surface area contributed by atoms with Gasteiger partial charge in [-0.1, -0.05) is 6.92 Å². The number of aliphatic hydroxyl groups is 1. The Bertz CT molecular complexity index is 176. The first kappa shape index (κ1) is 14.1. The normalized spacial score (nSPS) is 17.2. The summed E-state index contributed by atoms with van der Waals surface area (Å²) in [5.74, 6) is 0.0852. The largest absolute Gasteiger partial charge is 0.395 e. The quantitative estimate of drug-likeness (QED) is 0.683. The van der Waals surface area contributed by atoms with E-state index in [0.29, 0.717) is 5.88 Å². The van der Waals surface area contributed by atoms with Crippen molar-refractivity contribution in [1.29, 1.82) is 0 Å². The molecule has 0 spiro atoms. The Hall–Kier alpha value is 0.0700. The molecule has 14 heavy (non-hydrogen) atoms. The first-order valence-electron chi connectivity index (χ1n) is 4.56. The molecule has 0 aromatic rings. The monoisotopic (exact) mass is 239 g/mol. The summed E-state index contributed by atoms with van der Waals surface area (Å²) in [6.45, 7) is 3.73. The van der Waals surface area contributed by atoms with Crippen molar-refractivity contribution in [3.8, 4) is 0 Å². The lowest BCUT2D eigenvalue weighted by atomic mass is 10.1. The lowest BCUT2D eigenvalue weighted by Crippen LogP contribution is -2.43. The van der Waals surface area contributed by atoms with Crippen molar-refractivity contribution in [3.63, 3.8) is 0 Å². The number of thioether (sulfide) groups is 1. The highest BCUT2D eigenvalue weighted by atomic mass is 35.5. The molecule has 0 aromatic heterocycles. The van der Waals surface area contributed by atoms with E-state index in [1.165, 1.54) is 0 Å². The third-order valence-electron chi connectivity index (χ3n) is 2.09. The molecule has 2 N–H and O–H groups in total. The highest BCUT2D eigenvalue weighted by Crippen LogP contribution is 2.11. The van der Waals surface area contributed by atoms with Crippen molar-refractivity contribution >= 4 is 29.3 Å². The fourth-order valence-corrected chi connectivity index (χ4v) is 1.73. The third kappa shape index (κ3) is 4.53. The van der Waals surface area contributed by atoms with Gasteiger partial charge in [-0.25, -0.2) is 0 Å². The third-order valence-corrected chi connectivity index (χ3v) is 3.72. The summed E-state index contributed by atoms with van der Waals surface area (Å²) in [4.78, 5) is 11.4. The molecule has 0 heterocycles. The van der Waals surface area contributed by atoms with Crippen molar-refractivity contribution in [3.05, 3.63) is 0 Å². The van der Waals surface area contributed by atoms with Crippen molar-refractivity contribution in [2.24, 2.45) is 5.92 Å². The Kier molecular flexibility index (Phi) is 7.41. The van der Waals surface area contributed by atoms with E-state index in [1.807, 2.05) is 13.2 Å². The minimum atomic E-state index is -0.180. The maximum Gasteiger partial charge on any atom is 0.224 e. The van der Waals surface area contributed by atoms with E-state index in [1.54, 1.807) is 18.7 Å². The van der Waals surface area contributed by atoms with Gasteiger partial charge in [0.1, 0.15) is 0 Å². The molecule has 0 bridgehead atoms. The van der Waals surface area contributed by atoms with Crippen molar-refractivity contribution in [1.82, 2.24) is 5.32 Å². The van der Waals surface area contributed by atoms with E-state index in [2.05, 4.69) is 5.32 Å². The number of halogens is 1. The molecule has 3 unspecified atom stereocenters. The maximum atomic E-state index is 11.4. The van der Waals surface area contributed by atoms with Crippen LogP contribution in [0.3, 0.4) is 0 Å². The molecule has 0 rings (SSSR count). The molecular weight excluding hydrogens is 222 g/mol. The van der Waals surface area contributed by atoms with Crippen LogP contribution in [0, 0.1) is 5.92 Å². The van der Waals surface area contributed by atoms with Gasteiger partial charge >= 0.3 is 0 Å². The number of nitrogens with one attached hydrogen (secondary N) is 1. The molecule has 0 aliphatic heterocycles. The van der Waals surface area contributed by atoms with E-state index in [4.69, 9.17) is 16.7 Å². The number of aliphatic hydroxyl groups excluding tert-OH is 1. The second-order valence-corrected chi connectivity index (χ2v) is 4.69. The molecule has 84 valence electrons. The highest BCUT2D eigenvalue weighted by molar-refractivity contribution is 7.99. The second kappa shape index (κ2) is 7.37. The standard InChI is InChI=1S/C9H18ClNO2S/c1-6(4-10)9(13)11-7(2)8(5-12)14-3/h6-8,12H,4-5H2,1-3H3,(H,11,13). The summed E-state index contributed by atoms with van der Waals surface area (Å²) < 4.78 is 0. The highest BCUT2D eigenvalue weighted by Gasteiger charge is 2.19. The molecule has 3 nitrogen and oxygen atoms in total. The SMILES string of the molecule is CSC(CO)C(C)NC(=O)C(C)CCl. The van der Waals surface area contributed by atoms with Gasteiger partial charge in [0, 0.05) is 23.1 Å². The van der Waals surface area contributed by atoms with Crippen LogP contribution in [0.5, 0.6) is 0 Å². The Morgan fingerprint density at radius 2 is 2.14 bits per heavy atom. The maximum absolute atomic E-state index is 11.4. The number of carbonyl (C=O) groups excluding carboxylic acids is 1. The van der Waals surface area contributed by atoms with Crippen molar-refractivity contribution in [2.75, 3.05) is 18.7 Å². The van der Waals surface area contributed by atoms with Crippen LogP contribution in [-0.4, -0.2) is 41.0 Å². The molecule has 0 aliphatic carbocycles. The van der Waals surface area contributed by atoms with E-state index in [-0.39, 0.29) is 29.7 Å². The molecule has 0 aliphatic rings. The molecule has 0 radical (unpaired) electrons. The Balaban J connectivity index is 4.03. The summed E-state index contributed by atoms with van der Waals surface area (Å²) in [5.41, 5.74) is 0. The predicted octanol–water partition coefficient (Wildman–Crippen LogP) is 1.09. The first-order valence-corrected chi connectivity index (χ1v) is 6.39. The fraction of sp³-hybridized carbons (Fsp3) is 0.889. The predicted molar refractivity (Wildman–Crippen MR) is 61.9 cm³/mol. The smallest absolute Gasteiger partial charge is 0.224 e. The zero-order valence-electron chi connectivity index (χ0n) is 8.79. The minimum Gasteiger partial charge on any atom is -0.395 e. The van der Waals surface area contributed by atoms with Gasteiger partial charge in [-0.05, 0) is 13.2 Å². The number of alkyl halides is 1. The molecule has 0 fully saturated rings. The van der Waals surface area contributed by atoms with Crippen LogP contribution >= 0.6 is 23.4 Å². The van der Waals surface area contributed by atoms with E-state index < -0.39 is 0 Å². The Morgan fingerprint density at radius 1 is 1.57 bits per heavy atom. The van der Waals surface area contributed by atoms with E-state index in [9.17, 15) is 4.79 Å². The van der Waals surface area contributed by atoms with Crippen LogP contribution in [0.25, 0.3) is 0 Å². The Labute approximate surface area is 94.6 Å². The van der Waals surface area contributed by atoms with E-state index >= 15 is 0 Å². The summed E-state index contributed by atoms with van der Waals surface area (Å²) in [7, 11) is 0. The molecule has 0 aromatic carbocycles. The zero-order chi connectivity index (χ0) is 11.1. The number of hydrogen-bond acceptors (Lipinski definition) is 3. The number of amides is 1.